The van der Waals surface area contributed by atoms with Gasteiger partial charge in [0.25, 0.3) is 0 Å². The number of nitrogens with zero attached hydrogens (tertiary/aromatic N) is 3. The molecule has 2 amide bonds. The maximum absolute atomic E-state index is 12.1. The number of anilines is 1. The first-order chi connectivity index (χ1) is 12.1. The number of aryl methyl sites for hydroxylation is 1. The molecule has 1 saturated carbocycles. The van der Waals surface area contributed by atoms with E-state index in [4.69, 9.17) is 0 Å². The predicted molar refractivity (Wildman–Crippen MR) is 94.7 cm³/mol. The number of nitrogens with one attached hydrogen (secondary N) is 2. The number of carbonyl (C=O) groups excluding carboxylic acids is 2. The molecule has 0 radical (unpaired) electrons. The molecule has 1 aliphatic carbocycles. The zero-order valence-corrected chi connectivity index (χ0v) is 14.5. The number of amides is 2. The summed E-state index contributed by atoms with van der Waals surface area (Å²) in [6, 6.07) is 7.51. The van der Waals surface area contributed by atoms with E-state index in [-0.39, 0.29) is 24.2 Å². The second-order valence-corrected chi connectivity index (χ2v) is 6.43. The van der Waals surface area contributed by atoms with E-state index in [9.17, 15) is 9.59 Å². The van der Waals surface area contributed by atoms with E-state index in [2.05, 4.69) is 27.8 Å². The summed E-state index contributed by atoms with van der Waals surface area (Å²) in [4.78, 5) is 23.8. The van der Waals surface area contributed by atoms with Crippen LogP contribution in [0.1, 0.15) is 26.7 Å². The van der Waals surface area contributed by atoms with Crippen molar-refractivity contribution in [3.05, 3.63) is 30.6 Å². The number of hydrogen-bond donors (Lipinski definition) is 2. The first-order valence-electron chi connectivity index (χ1n) is 8.64. The van der Waals surface area contributed by atoms with Gasteiger partial charge in [0.2, 0.25) is 11.8 Å². The van der Waals surface area contributed by atoms with Gasteiger partial charge in [0.05, 0.1) is 0 Å². The Kier molecular flexibility index (Phi) is 5.11. The molecule has 1 heterocycles. The molecule has 1 aromatic heterocycles. The highest BCUT2D eigenvalue weighted by Gasteiger charge is 2.38. The maximum atomic E-state index is 12.1. The summed E-state index contributed by atoms with van der Waals surface area (Å²) in [7, 11) is 0. The molecule has 3 rings (SSSR count). The van der Waals surface area contributed by atoms with Gasteiger partial charge in [-0.05, 0) is 31.4 Å². The Morgan fingerprint density at radius 1 is 1.36 bits per heavy atom. The topological polar surface area (TPSA) is 88.9 Å². The number of hydrogen-bond acceptors (Lipinski definition) is 4. The number of carbonyl (C=O) groups is 2. The monoisotopic (exact) mass is 341 g/mol. The maximum Gasteiger partial charge on any atom is 0.226 e. The first-order valence-corrected chi connectivity index (χ1v) is 8.64. The molecule has 1 aromatic carbocycles. The standard InChI is InChI=1S/C18H23N5O2/c1-3-23-11-20-22-17(23)13-5-4-6-14(10-13)21-16(24)7-8-19-18(25)15-9-12(15)2/h4-6,10-12,15H,3,7-9H2,1-2H3,(H,19,25)(H,21,24)/t12-,15-/m1/s1. The summed E-state index contributed by atoms with van der Waals surface area (Å²) < 4.78 is 1.94. The van der Waals surface area contributed by atoms with Gasteiger partial charge in [-0.15, -0.1) is 10.2 Å². The molecule has 7 heteroatoms. The van der Waals surface area contributed by atoms with Crippen LogP contribution in [0.15, 0.2) is 30.6 Å². The van der Waals surface area contributed by atoms with E-state index in [1.54, 1.807) is 6.33 Å². The van der Waals surface area contributed by atoms with Gasteiger partial charge < -0.3 is 15.2 Å². The predicted octanol–water partition coefficient (Wildman–Crippen LogP) is 2.07. The van der Waals surface area contributed by atoms with Crippen molar-refractivity contribution < 1.29 is 9.59 Å². The summed E-state index contributed by atoms with van der Waals surface area (Å²) in [6.45, 7) is 5.22. The number of benzene rings is 1. The van der Waals surface area contributed by atoms with Crippen LogP contribution in [0.5, 0.6) is 0 Å². The van der Waals surface area contributed by atoms with Gasteiger partial charge in [0.15, 0.2) is 5.82 Å². The van der Waals surface area contributed by atoms with Crippen LogP contribution >= 0.6 is 0 Å². The molecule has 2 atom stereocenters. The molecule has 2 aromatic rings. The largest absolute Gasteiger partial charge is 0.355 e. The lowest BCUT2D eigenvalue weighted by Crippen LogP contribution is -2.29. The van der Waals surface area contributed by atoms with Crippen LogP contribution in [0.4, 0.5) is 5.69 Å². The molecule has 132 valence electrons. The number of rotatable bonds is 7. The second kappa shape index (κ2) is 7.46. The van der Waals surface area contributed by atoms with E-state index in [1.165, 1.54) is 0 Å². The fraction of sp³-hybridized carbons (Fsp3) is 0.444. The van der Waals surface area contributed by atoms with E-state index in [0.29, 0.717) is 18.2 Å². The highest BCUT2D eigenvalue weighted by molar-refractivity contribution is 5.92. The Hall–Kier alpha value is -2.70. The zero-order valence-electron chi connectivity index (χ0n) is 14.5. The molecule has 0 saturated heterocycles. The van der Waals surface area contributed by atoms with E-state index in [0.717, 1.165) is 24.4 Å². The van der Waals surface area contributed by atoms with Crippen LogP contribution < -0.4 is 10.6 Å². The summed E-state index contributed by atoms with van der Waals surface area (Å²) in [5.41, 5.74) is 1.60. The smallest absolute Gasteiger partial charge is 0.226 e. The fourth-order valence-electron chi connectivity index (χ4n) is 2.79. The molecule has 25 heavy (non-hydrogen) atoms. The van der Waals surface area contributed by atoms with Gasteiger partial charge in [0, 0.05) is 36.7 Å². The average molecular weight is 341 g/mol. The highest BCUT2D eigenvalue weighted by Crippen LogP contribution is 2.37. The zero-order chi connectivity index (χ0) is 17.8. The Bertz CT molecular complexity index is 770. The lowest BCUT2D eigenvalue weighted by molar-refractivity contribution is -0.122. The van der Waals surface area contributed by atoms with Crippen LogP contribution in [-0.2, 0) is 16.1 Å². The minimum Gasteiger partial charge on any atom is -0.355 e. The van der Waals surface area contributed by atoms with Gasteiger partial charge in [-0.1, -0.05) is 19.1 Å². The summed E-state index contributed by atoms with van der Waals surface area (Å²) in [6.07, 6.45) is 2.89. The SMILES string of the molecule is CCn1cnnc1-c1cccc(NC(=O)CCNC(=O)[C@@H]2C[C@H]2C)c1. The van der Waals surface area contributed by atoms with Crippen LogP contribution in [-0.4, -0.2) is 33.1 Å². The fourth-order valence-corrected chi connectivity index (χ4v) is 2.79. The normalized spacial score (nSPS) is 18.6. The third-order valence-electron chi connectivity index (χ3n) is 4.46. The Labute approximate surface area is 146 Å². The second-order valence-electron chi connectivity index (χ2n) is 6.43. The molecule has 0 bridgehead atoms. The van der Waals surface area contributed by atoms with Crippen molar-refractivity contribution in [3.63, 3.8) is 0 Å². The molecule has 0 aliphatic heterocycles. The quantitative estimate of drug-likeness (QED) is 0.807. The van der Waals surface area contributed by atoms with Crippen molar-refractivity contribution >= 4 is 17.5 Å². The lowest BCUT2D eigenvalue weighted by atomic mass is 10.2. The summed E-state index contributed by atoms with van der Waals surface area (Å²) in [5, 5.41) is 13.7. The van der Waals surface area contributed by atoms with Gasteiger partial charge in [-0.2, -0.15) is 0 Å². The van der Waals surface area contributed by atoms with Crippen molar-refractivity contribution in [2.24, 2.45) is 11.8 Å². The molecular weight excluding hydrogens is 318 g/mol. The molecule has 1 fully saturated rings. The van der Waals surface area contributed by atoms with Crippen LogP contribution in [0.25, 0.3) is 11.4 Å². The Balaban J connectivity index is 1.53. The summed E-state index contributed by atoms with van der Waals surface area (Å²) >= 11 is 0. The molecule has 0 spiro atoms. The summed E-state index contributed by atoms with van der Waals surface area (Å²) in [5.74, 6) is 1.31. The molecular formula is C18H23N5O2. The van der Waals surface area contributed by atoms with Gasteiger partial charge in [0.1, 0.15) is 6.33 Å². The van der Waals surface area contributed by atoms with Crippen molar-refractivity contribution in [1.82, 2.24) is 20.1 Å². The molecule has 7 nitrogen and oxygen atoms in total. The highest BCUT2D eigenvalue weighted by atomic mass is 16.2. The van der Waals surface area contributed by atoms with E-state index < -0.39 is 0 Å². The minimum atomic E-state index is -0.127. The molecule has 0 unspecified atom stereocenters. The van der Waals surface area contributed by atoms with Gasteiger partial charge in [-0.25, -0.2) is 0 Å². The van der Waals surface area contributed by atoms with Gasteiger partial charge in [-0.3, -0.25) is 9.59 Å². The van der Waals surface area contributed by atoms with Crippen molar-refractivity contribution in [2.75, 3.05) is 11.9 Å². The van der Waals surface area contributed by atoms with Crippen molar-refractivity contribution in [3.8, 4) is 11.4 Å². The Morgan fingerprint density at radius 3 is 2.88 bits per heavy atom. The van der Waals surface area contributed by atoms with E-state index in [1.807, 2.05) is 35.8 Å². The minimum absolute atomic E-state index is 0.0567. The lowest BCUT2D eigenvalue weighted by Gasteiger charge is -2.09. The van der Waals surface area contributed by atoms with Crippen LogP contribution in [0.2, 0.25) is 0 Å². The van der Waals surface area contributed by atoms with Crippen molar-refractivity contribution in [2.45, 2.75) is 33.2 Å². The first kappa shape index (κ1) is 17.1. The molecule has 2 N–H and O–H groups in total. The third-order valence-corrected chi connectivity index (χ3v) is 4.46. The molecule has 1 aliphatic rings. The average Bonchev–Trinajstić information content (AvgIpc) is 3.15. The number of aromatic nitrogens is 3. The van der Waals surface area contributed by atoms with Gasteiger partial charge >= 0.3 is 0 Å². The van der Waals surface area contributed by atoms with Crippen molar-refractivity contribution in [1.29, 1.82) is 0 Å². The van der Waals surface area contributed by atoms with Crippen LogP contribution in [0, 0.1) is 11.8 Å². The van der Waals surface area contributed by atoms with Crippen LogP contribution in [0.3, 0.4) is 0 Å². The third kappa shape index (κ3) is 4.23. The van der Waals surface area contributed by atoms with E-state index >= 15 is 0 Å². The Morgan fingerprint density at radius 2 is 2.16 bits per heavy atom.